The maximum absolute atomic E-state index is 5.46. The normalized spacial score (nSPS) is 20.7. The number of thioether (sulfide) groups is 1. The SMILES string of the molecule is CNC1c2ccccc2CC1Sc1ccccc1OC. The highest BCUT2D eigenvalue weighted by Gasteiger charge is 2.32. The summed E-state index contributed by atoms with van der Waals surface area (Å²) in [4.78, 5) is 1.22. The Bertz CT molecular complexity index is 599. The van der Waals surface area contributed by atoms with Gasteiger partial charge in [0.2, 0.25) is 0 Å². The lowest BCUT2D eigenvalue weighted by Gasteiger charge is -2.20. The summed E-state index contributed by atoms with van der Waals surface area (Å²) >= 11 is 1.90. The van der Waals surface area contributed by atoms with Crippen LogP contribution >= 0.6 is 11.8 Å². The van der Waals surface area contributed by atoms with E-state index in [1.165, 1.54) is 16.0 Å². The summed E-state index contributed by atoms with van der Waals surface area (Å²) < 4.78 is 5.46. The molecule has 0 bridgehead atoms. The van der Waals surface area contributed by atoms with Gasteiger partial charge in [0, 0.05) is 16.2 Å². The largest absolute Gasteiger partial charge is 0.496 e. The fraction of sp³-hybridized carbons (Fsp3) is 0.294. The first kappa shape index (κ1) is 13.5. The molecule has 0 heterocycles. The van der Waals surface area contributed by atoms with E-state index in [0.717, 1.165) is 12.2 Å². The van der Waals surface area contributed by atoms with E-state index in [4.69, 9.17) is 4.74 Å². The summed E-state index contributed by atoms with van der Waals surface area (Å²) in [5.41, 5.74) is 2.89. The van der Waals surface area contributed by atoms with Crippen molar-refractivity contribution >= 4 is 11.8 Å². The number of ether oxygens (including phenoxy) is 1. The quantitative estimate of drug-likeness (QED) is 0.926. The Balaban J connectivity index is 1.86. The van der Waals surface area contributed by atoms with E-state index in [0.29, 0.717) is 11.3 Å². The lowest BCUT2D eigenvalue weighted by Crippen LogP contribution is -2.23. The minimum atomic E-state index is 0.404. The molecule has 0 saturated heterocycles. The summed E-state index contributed by atoms with van der Waals surface area (Å²) in [5, 5.41) is 3.97. The van der Waals surface area contributed by atoms with Crippen molar-refractivity contribution in [2.45, 2.75) is 22.6 Å². The van der Waals surface area contributed by atoms with Crippen molar-refractivity contribution in [3.63, 3.8) is 0 Å². The van der Waals surface area contributed by atoms with Crippen LogP contribution in [0.15, 0.2) is 53.4 Å². The maximum Gasteiger partial charge on any atom is 0.132 e. The molecule has 2 aromatic carbocycles. The standard InChI is InChI=1S/C17H19NOS/c1-18-17-13-8-4-3-7-12(13)11-16(17)20-15-10-6-5-9-14(15)19-2/h3-10,16-18H,11H2,1-2H3. The van der Waals surface area contributed by atoms with Gasteiger partial charge >= 0.3 is 0 Å². The van der Waals surface area contributed by atoms with Gasteiger partial charge in [0.1, 0.15) is 5.75 Å². The highest BCUT2D eigenvalue weighted by Crippen LogP contribution is 2.43. The molecule has 1 aliphatic rings. The zero-order chi connectivity index (χ0) is 13.9. The molecule has 3 rings (SSSR count). The predicted molar refractivity (Wildman–Crippen MR) is 84.6 cm³/mol. The van der Waals surface area contributed by atoms with Crippen molar-refractivity contribution < 1.29 is 4.74 Å². The molecular formula is C17H19NOS. The van der Waals surface area contributed by atoms with Gasteiger partial charge in [-0.1, -0.05) is 36.4 Å². The van der Waals surface area contributed by atoms with Crippen LogP contribution in [0.3, 0.4) is 0 Å². The summed E-state index contributed by atoms with van der Waals surface area (Å²) in [5.74, 6) is 0.961. The third-order valence-corrected chi connectivity index (χ3v) is 5.17. The van der Waals surface area contributed by atoms with Crippen LogP contribution in [0.4, 0.5) is 0 Å². The molecule has 1 aliphatic carbocycles. The molecule has 0 saturated carbocycles. The Kier molecular flexibility index (Phi) is 3.99. The lowest BCUT2D eigenvalue weighted by molar-refractivity contribution is 0.404. The van der Waals surface area contributed by atoms with Crippen LogP contribution in [0.25, 0.3) is 0 Å². The fourth-order valence-corrected chi connectivity index (χ4v) is 4.32. The number of hydrogen-bond acceptors (Lipinski definition) is 3. The van der Waals surface area contributed by atoms with Gasteiger partial charge in [-0.15, -0.1) is 11.8 Å². The molecule has 0 spiro atoms. The molecule has 3 heteroatoms. The van der Waals surface area contributed by atoms with Crippen LogP contribution in [0.1, 0.15) is 17.2 Å². The summed E-state index contributed by atoms with van der Waals surface area (Å²) in [6.07, 6.45) is 1.10. The van der Waals surface area contributed by atoms with Crippen molar-refractivity contribution in [1.82, 2.24) is 5.32 Å². The molecule has 1 N–H and O–H groups in total. The number of benzene rings is 2. The van der Waals surface area contributed by atoms with E-state index in [9.17, 15) is 0 Å². The van der Waals surface area contributed by atoms with Crippen LogP contribution < -0.4 is 10.1 Å². The zero-order valence-corrected chi connectivity index (χ0v) is 12.6. The molecule has 104 valence electrons. The Hall–Kier alpha value is -1.45. The first-order valence-electron chi connectivity index (χ1n) is 6.88. The van der Waals surface area contributed by atoms with E-state index in [1.54, 1.807) is 7.11 Å². The van der Waals surface area contributed by atoms with Gasteiger partial charge in [-0.25, -0.2) is 0 Å². The lowest BCUT2D eigenvalue weighted by atomic mass is 10.1. The first-order valence-corrected chi connectivity index (χ1v) is 7.76. The van der Waals surface area contributed by atoms with Gasteiger partial charge in [0.25, 0.3) is 0 Å². The molecule has 20 heavy (non-hydrogen) atoms. The minimum Gasteiger partial charge on any atom is -0.496 e. The monoisotopic (exact) mass is 285 g/mol. The Labute approximate surface area is 124 Å². The van der Waals surface area contributed by atoms with Crippen molar-refractivity contribution in [2.24, 2.45) is 0 Å². The molecule has 2 atom stereocenters. The van der Waals surface area contributed by atoms with E-state index in [2.05, 4.69) is 41.7 Å². The molecule has 0 aromatic heterocycles. The van der Waals surface area contributed by atoms with Gasteiger partial charge in [-0.2, -0.15) is 0 Å². The number of nitrogens with one attached hydrogen (secondary N) is 1. The minimum absolute atomic E-state index is 0.404. The number of fused-ring (bicyclic) bond motifs is 1. The molecular weight excluding hydrogens is 266 g/mol. The molecule has 2 aromatic rings. The zero-order valence-electron chi connectivity index (χ0n) is 11.8. The van der Waals surface area contributed by atoms with Gasteiger partial charge in [-0.05, 0) is 36.7 Å². The summed E-state index contributed by atoms with van der Waals surface area (Å²) in [6, 6.07) is 17.4. The maximum atomic E-state index is 5.46. The van der Waals surface area contributed by atoms with E-state index in [-0.39, 0.29) is 0 Å². The Morgan fingerprint density at radius 3 is 2.65 bits per heavy atom. The topological polar surface area (TPSA) is 21.3 Å². The summed E-state index contributed by atoms with van der Waals surface area (Å²) in [7, 11) is 3.78. The highest BCUT2D eigenvalue weighted by atomic mass is 32.2. The van der Waals surface area contributed by atoms with Crippen LogP contribution in [0.2, 0.25) is 0 Å². The number of methoxy groups -OCH3 is 1. The van der Waals surface area contributed by atoms with Gasteiger partial charge in [-0.3, -0.25) is 0 Å². The smallest absolute Gasteiger partial charge is 0.132 e. The molecule has 0 amide bonds. The van der Waals surface area contributed by atoms with E-state index < -0.39 is 0 Å². The second-order valence-electron chi connectivity index (χ2n) is 4.98. The second-order valence-corrected chi connectivity index (χ2v) is 6.26. The van der Waals surface area contributed by atoms with E-state index in [1.807, 2.05) is 30.9 Å². The predicted octanol–water partition coefficient (Wildman–Crippen LogP) is 3.67. The highest BCUT2D eigenvalue weighted by molar-refractivity contribution is 8.00. The summed E-state index contributed by atoms with van der Waals surface area (Å²) in [6.45, 7) is 0. The van der Waals surface area contributed by atoms with Crippen LogP contribution in [-0.2, 0) is 6.42 Å². The van der Waals surface area contributed by atoms with Crippen molar-refractivity contribution in [3.05, 3.63) is 59.7 Å². The van der Waals surface area contributed by atoms with Crippen LogP contribution in [0.5, 0.6) is 5.75 Å². The Morgan fingerprint density at radius 1 is 1.10 bits per heavy atom. The number of para-hydroxylation sites is 1. The van der Waals surface area contributed by atoms with Crippen LogP contribution in [-0.4, -0.2) is 19.4 Å². The van der Waals surface area contributed by atoms with Crippen molar-refractivity contribution in [3.8, 4) is 5.75 Å². The van der Waals surface area contributed by atoms with Gasteiger partial charge in [0.05, 0.1) is 7.11 Å². The second kappa shape index (κ2) is 5.90. The molecule has 2 nitrogen and oxygen atoms in total. The fourth-order valence-electron chi connectivity index (χ4n) is 2.89. The molecule has 0 aliphatic heterocycles. The molecule has 0 radical (unpaired) electrons. The van der Waals surface area contributed by atoms with E-state index >= 15 is 0 Å². The van der Waals surface area contributed by atoms with Crippen LogP contribution in [0, 0.1) is 0 Å². The molecule has 0 fully saturated rings. The van der Waals surface area contributed by atoms with Gasteiger partial charge in [0.15, 0.2) is 0 Å². The van der Waals surface area contributed by atoms with Gasteiger partial charge < -0.3 is 10.1 Å². The average Bonchev–Trinajstić information content (AvgIpc) is 2.85. The van der Waals surface area contributed by atoms with Crippen molar-refractivity contribution in [1.29, 1.82) is 0 Å². The van der Waals surface area contributed by atoms with Crippen molar-refractivity contribution in [2.75, 3.05) is 14.2 Å². The average molecular weight is 285 g/mol. The number of rotatable bonds is 4. The third kappa shape index (κ3) is 2.43. The Morgan fingerprint density at radius 2 is 1.85 bits per heavy atom. The first-order chi connectivity index (χ1) is 9.83. The number of hydrogen-bond donors (Lipinski definition) is 1. The third-order valence-electron chi connectivity index (χ3n) is 3.84. The molecule has 2 unspecified atom stereocenters.